The zero-order valence-electron chi connectivity index (χ0n) is 20.8. The third-order valence-electron chi connectivity index (χ3n) is 6.07. The van der Waals surface area contributed by atoms with Gasteiger partial charge in [0, 0.05) is 23.5 Å². The smallest absolute Gasteiger partial charge is 0.411 e. The number of alkyl halides is 1. The van der Waals surface area contributed by atoms with Crippen LogP contribution in [-0.4, -0.2) is 72.9 Å². The number of rotatable bonds is 11. The van der Waals surface area contributed by atoms with Gasteiger partial charge in [0.15, 0.2) is 11.5 Å². The predicted molar refractivity (Wildman–Crippen MR) is 141 cm³/mol. The van der Waals surface area contributed by atoms with E-state index in [1.165, 1.54) is 25.0 Å². The first-order valence-corrected chi connectivity index (χ1v) is 13.2. The molecule has 11 heteroatoms. The number of hydrazone groups is 1. The molecule has 9 nitrogen and oxygen atoms in total. The summed E-state index contributed by atoms with van der Waals surface area (Å²) in [4.78, 5) is 26.9. The van der Waals surface area contributed by atoms with Crippen LogP contribution < -0.4 is 14.8 Å². The van der Waals surface area contributed by atoms with E-state index in [9.17, 15) is 14.0 Å². The van der Waals surface area contributed by atoms with Gasteiger partial charge in [-0.15, -0.1) is 0 Å². The van der Waals surface area contributed by atoms with Gasteiger partial charge in [0.05, 0.1) is 26.0 Å². The fourth-order valence-corrected chi connectivity index (χ4v) is 4.91. The normalized spacial score (nSPS) is 15.9. The van der Waals surface area contributed by atoms with E-state index in [0.717, 1.165) is 43.4 Å². The van der Waals surface area contributed by atoms with Crippen molar-refractivity contribution in [3.8, 4) is 11.5 Å². The second-order valence-electron chi connectivity index (χ2n) is 8.64. The molecule has 198 valence electrons. The average molecular weight is 531 g/mol. The number of hydrogen-bond acceptors (Lipinski definition) is 8. The van der Waals surface area contributed by atoms with E-state index in [2.05, 4.69) is 15.3 Å². The maximum Gasteiger partial charge on any atom is 0.411 e. The number of anilines is 1. The third-order valence-corrected chi connectivity index (χ3v) is 6.95. The number of likely N-dealkylation sites (tertiary alicyclic amines) is 1. The van der Waals surface area contributed by atoms with Crippen molar-refractivity contribution >= 4 is 34.5 Å². The molecule has 0 aromatic heterocycles. The SMILES string of the molecule is COc1ccc(C2=NN(Cc3ccc(NC(=O)OCCCN4CCCC4)cc3)C(=O)SC2)cc1OCF. The minimum atomic E-state index is -0.979. The van der Waals surface area contributed by atoms with E-state index in [1.54, 1.807) is 30.3 Å². The second kappa shape index (κ2) is 13.3. The maximum absolute atomic E-state index is 12.7. The van der Waals surface area contributed by atoms with Crippen LogP contribution in [0.5, 0.6) is 11.5 Å². The number of nitrogens with zero attached hydrogens (tertiary/aromatic N) is 3. The Hall–Kier alpha value is -3.31. The lowest BCUT2D eigenvalue weighted by Crippen LogP contribution is -2.29. The molecule has 0 saturated carbocycles. The van der Waals surface area contributed by atoms with Crippen LogP contribution in [0.2, 0.25) is 0 Å². The highest BCUT2D eigenvalue weighted by Gasteiger charge is 2.23. The van der Waals surface area contributed by atoms with Gasteiger partial charge in [-0.3, -0.25) is 10.1 Å². The lowest BCUT2D eigenvalue weighted by molar-refractivity contribution is 0.154. The van der Waals surface area contributed by atoms with Crippen molar-refractivity contribution in [3.63, 3.8) is 0 Å². The Kier molecular flexibility index (Phi) is 9.61. The summed E-state index contributed by atoms with van der Waals surface area (Å²) in [5.74, 6) is 1.07. The number of carbonyl (C=O) groups excluding carboxylic acids is 2. The summed E-state index contributed by atoms with van der Waals surface area (Å²) in [5, 5.41) is 8.47. The first-order chi connectivity index (χ1) is 18.1. The molecule has 2 heterocycles. The zero-order valence-corrected chi connectivity index (χ0v) is 21.6. The van der Waals surface area contributed by atoms with E-state index < -0.39 is 13.0 Å². The second-order valence-corrected chi connectivity index (χ2v) is 9.56. The van der Waals surface area contributed by atoms with Crippen molar-refractivity contribution in [2.45, 2.75) is 25.8 Å². The first-order valence-electron chi connectivity index (χ1n) is 12.2. The van der Waals surface area contributed by atoms with E-state index in [0.29, 0.717) is 35.1 Å². The van der Waals surface area contributed by atoms with Gasteiger partial charge in [0.25, 0.3) is 0 Å². The van der Waals surface area contributed by atoms with Gasteiger partial charge in [-0.1, -0.05) is 23.9 Å². The van der Waals surface area contributed by atoms with Crippen molar-refractivity contribution in [2.75, 3.05) is 51.3 Å². The highest BCUT2D eigenvalue weighted by atomic mass is 32.2. The molecule has 1 N–H and O–H groups in total. The summed E-state index contributed by atoms with van der Waals surface area (Å²) in [6.07, 6.45) is 2.82. The third kappa shape index (κ3) is 7.59. The summed E-state index contributed by atoms with van der Waals surface area (Å²) in [6.45, 7) is 2.87. The number of carbonyl (C=O) groups is 2. The highest BCUT2D eigenvalue weighted by molar-refractivity contribution is 8.14. The largest absolute Gasteiger partial charge is 0.493 e. The standard InChI is InChI=1S/C26H31FN4O5S/c1-34-23-10-7-20(15-24(23)36-18-27)22-17-37-26(33)31(29-22)16-19-5-8-21(9-6-19)28-25(32)35-14-4-13-30-11-2-3-12-30/h5-10,15H,2-4,11-14,16-18H2,1H3,(H,28,32). The molecule has 37 heavy (non-hydrogen) atoms. The number of methoxy groups -OCH3 is 1. The molecule has 0 radical (unpaired) electrons. The van der Waals surface area contributed by atoms with Crippen LogP contribution in [-0.2, 0) is 11.3 Å². The van der Waals surface area contributed by atoms with Gasteiger partial charge in [-0.05, 0) is 68.2 Å². The quantitative estimate of drug-likeness (QED) is 0.404. The van der Waals surface area contributed by atoms with Crippen molar-refractivity contribution in [2.24, 2.45) is 5.10 Å². The number of benzene rings is 2. The topological polar surface area (TPSA) is 92.7 Å². The molecule has 2 aromatic rings. The summed E-state index contributed by atoms with van der Waals surface area (Å²) in [6, 6.07) is 12.3. The Morgan fingerprint density at radius 3 is 2.65 bits per heavy atom. The number of halogens is 1. The Bertz CT molecular complexity index is 1110. The first kappa shape index (κ1) is 26.7. The van der Waals surface area contributed by atoms with Crippen LogP contribution in [0.1, 0.15) is 30.4 Å². The van der Waals surface area contributed by atoms with Gasteiger partial charge in [0.2, 0.25) is 6.86 Å². The minimum absolute atomic E-state index is 0.169. The molecule has 2 amide bonds. The lowest BCUT2D eigenvalue weighted by Gasteiger charge is -2.23. The minimum Gasteiger partial charge on any atom is -0.493 e. The molecular formula is C26H31FN4O5S. The summed E-state index contributed by atoms with van der Waals surface area (Å²) in [5.41, 5.74) is 2.84. The van der Waals surface area contributed by atoms with Gasteiger partial charge in [0.1, 0.15) is 0 Å². The van der Waals surface area contributed by atoms with Crippen LogP contribution in [0, 0.1) is 0 Å². The molecule has 0 bridgehead atoms. The fraction of sp³-hybridized carbons (Fsp3) is 0.423. The van der Waals surface area contributed by atoms with Crippen molar-refractivity contribution in [3.05, 3.63) is 53.6 Å². The number of nitrogens with one attached hydrogen (secondary N) is 1. The Labute approximate surface area is 219 Å². The zero-order chi connectivity index (χ0) is 26.0. The van der Waals surface area contributed by atoms with Gasteiger partial charge >= 0.3 is 11.3 Å². The lowest BCUT2D eigenvalue weighted by atomic mass is 10.1. The molecular weight excluding hydrogens is 499 g/mol. The molecule has 0 spiro atoms. The summed E-state index contributed by atoms with van der Waals surface area (Å²) in [7, 11) is 1.48. The average Bonchev–Trinajstić information content (AvgIpc) is 3.43. The van der Waals surface area contributed by atoms with Gasteiger partial charge in [-0.2, -0.15) is 5.10 Å². The van der Waals surface area contributed by atoms with Gasteiger partial charge in [-0.25, -0.2) is 14.2 Å². The van der Waals surface area contributed by atoms with Crippen LogP contribution in [0.15, 0.2) is 47.6 Å². The fourth-order valence-electron chi connectivity index (χ4n) is 4.17. The van der Waals surface area contributed by atoms with E-state index in [-0.39, 0.29) is 17.5 Å². The summed E-state index contributed by atoms with van der Waals surface area (Å²) < 4.78 is 28.2. The Morgan fingerprint density at radius 2 is 1.92 bits per heavy atom. The Balaban J connectivity index is 1.31. The number of thioether (sulfide) groups is 1. The molecule has 0 aliphatic carbocycles. The molecule has 2 aromatic carbocycles. The molecule has 1 fully saturated rings. The van der Waals surface area contributed by atoms with E-state index in [4.69, 9.17) is 14.2 Å². The van der Waals surface area contributed by atoms with Crippen molar-refractivity contribution in [1.29, 1.82) is 0 Å². The molecule has 2 aliphatic rings. The van der Waals surface area contributed by atoms with Crippen LogP contribution >= 0.6 is 11.8 Å². The summed E-state index contributed by atoms with van der Waals surface area (Å²) >= 11 is 1.14. The number of hydrogen-bond donors (Lipinski definition) is 1. The van der Waals surface area contributed by atoms with Crippen LogP contribution in [0.4, 0.5) is 19.7 Å². The predicted octanol–water partition coefficient (Wildman–Crippen LogP) is 5.11. The van der Waals surface area contributed by atoms with E-state index in [1.807, 2.05) is 12.1 Å². The van der Waals surface area contributed by atoms with Crippen LogP contribution in [0.25, 0.3) is 0 Å². The molecule has 2 aliphatic heterocycles. The van der Waals surface area contributed by atoms with Gasteiger partial charge < -0.3 is 19.1 Å². The van der Waals surface area contributed by atoms with Crippen molar-refractivity contribution in [1.82, 2.24) is 9.91 Å². The van der Waals surface area contributed by atoms with E-state index >= 15 is 0 Å². The molecule has 0 unspecified atom stereocenters. The van der Waals surface area contributed by atoms with Crippen molar-refractivity contribution < 1.29 is 28.2 Å². The maximum atomic E-state index is 12.7. The molecule has 1 saturated heterocycles. The Morgan fingerprint density at radius 1 is 1.14 bits per heavy atom. The number of ether oxygens (including phenoxy) is 3. The highest BCUT2D eigenvalue weighted by Crippen LogP contribution is 2.30. The number of amides is 2. The monoisotopic (exact) mass is 530 g/mol. The molecule has 0 atom stereocenters. The molecule has 4 rings (SSSR count). The van der Waals surface area contributed by atoms with Crippen LogP contribution in [0.3, 0.4) is 0 Å².